The molecule has 0 saturated carbocycles. The van der Waals surface area contributed by atoms with Gasteiger partial charge in [-0.05, 0) is 29.8 Å². The van der Waals surface area contributed by atoms with E-state index in [0.717, 1.165) is 10.8 Å². The maximum absolute atomic E-state index is 12.7. The molecule has 0 saturated heterocycles. The molecule has 1 aromatic heterocycles. The molecule has 1 atom stereocenters. The predicted molar refractivity (Wildman–Crippen MR) is 91.1 cm³/mol. The maximum atomic E-state index is 12.7. The van der Waals surface area contributed by atoms with Gasteiger partial charge in [0.15, 0.2) is 0 Å². The van der Waals surface area contributed by atoms with Crippen molar-refractivity contribution in [2.24, 2.45) is 0 Å². The Labute approximate surface area is 139 Å². The molecule has 124 valence electrons. The highest BCUT2D eigenvalue weighted by Gasteiger charge is 2.18. The van der Waals surface area contributed by atoms with E-state index < -0.39 is 6.10 Å². The Balaban J connectivity index is 1.86. The number of amides is 1. The number of carbonyl (C=O) groups is 1. The van der Waals surface area contributed by atoms with E-state index in [4.69, 9.17) is 9.15 Å². The minimum Gasteiger partial charge on any atom is -0.493 e. The van der Waals surface area contributed by atoms with Crippen LogP contribution >= 0.6 is 0 Å². The van der Waals surface area contributed by atoms with Crippen LogP contribution in [0.5, 0.6) is 5.75 Å². The number of fused-ring (bicyclic) bond motifs is 1. The zero-order chi connectivity index (χ0) is 16.9. The Morgan fingerprint density at radius 1 is 1.25 bits per heavy atom. The fourth-order valence-electron chi connectivity index (χ4n) is 2.62. The summed E-state index contributed by atoms with van der Waals surface area (Å²) in [6.45, 7) is 2.43. The minimum absolute atomic E-state index is 0.0904. The first-order valence-corrected chi connectivity index (χ1v) is 7.83. The summed E-state index contributed by atoms with van der Waals surface area (Å²) in [7, 11) is 0. The topological polar surface area (TPSA) is 71.7 Å². The molecule has 0 aliphatic carbocycles. The number of aliphatic hydroxyl groups is 1. The van der Waals surface area contributed by atoms with E-state index in [0.29, 0.717) is 23.5 Å². The highest BCUT2D eigenvalue weighted by Crippen LogP contribution is 2.28. The van der Waals surface area contributed by atoms with Crippen LogP contribution in [0.2, 0.25) is 0 Å². The zero-order valence-corrected chi connectivity index (χ0v) is 13.4. The van der Waals surface area contributed by atoms with Crippen molar-refractivity contribution in [3.63, 3.8) is 0 Å². The molecule has 0 aliphatic rings. The van der Waals surface area contributed by atoms with Crippen molar-refractivity contribution in [2.45, 2.75) is 13.0 Å². The average Bonchev–Trinajstić information content (AvgIpc) is 3.14. The van der Waals surface area contributed by atoms with Crippen LogP contribution in [0.15, 0.2) is 59.4 Å². The summed E-state index contributed by atoms with van der Waals surface area (Å²) in [5.41, 5.74) is 1.10. The summed E-state index contributed by atoms with van der Waals surface area (Å²) in [6.07, 6.45) is 2.12. The smallest absolute Gasteiger partial charge is 0.255 e. The van der Waals surface area contributed by atoms with E-state index in [1.54, 1.807) is 12.1 Å². The molecule has 0 radical (unpaired) electrons. The van der Waals surface area contributed by atoms with E-state index in [2.05, 4.69) is 5.32 Å². The fourth-order valence-corrected chi connectivity index (χ4v) is 2.62. The molecule has 24 heavy (non-hydrogen) atoms. The van der Waals surface area contributed by atoms with Crippen LogP contribution in [0.25, 0.3) is 10.8 Å². The standard InChI is InChI=1S/C19H19NO4/c1-2-24-17-8-7-13-5-3-4-6-15(13)18(17)19(22)20-11-16(21)14-9-10-23-12-14/h3-10,12,16,21H,2,11H2,1H3,(H,20,22)/t16-/m1/s1. The van der Waals surface area contributed by atoms with Crippen molar-refractivity contribution in [3.8, 4) is 5.75 Å². The van der Waals surface area contributed by atoms with E-state index >= 15 is 0 Å². The second-order valence-corrected chi connectivity index (χ2v) is 5.38. The molecule has 1 amide bonds. The first kappa shape index (κ1) is 16.1. The highest BCUT2D eigenvalue weighted by molar-refractivity contribution is 6.09. The molecule has 3 rings (SSSR count). The van der Waals surface area contributed by atoms with Crippen LogP contribution in [0.3, 0.4) is 0 Å². The van der Waals surface area contributed by atoms with Gasteiger partial charge in [0.25, 0.3) is 5.91 Å². The van der Waals surface area contributed by atoms with Crippen molar-refractivity contribution >= 4 is 16.7 Å². The second-order valence-electron chi connectivity index (χ2n) is 5.38. The number of nitrogens with one attached hydrogen (secondary N) is 1. The molecular weight excluding hydrogens is 306 g/mol. The molecule has 0 spiro atoms. The largest absolute Gasteiger partial charge is 0.493 e. The van der Waals surface area contributed by atoms with E-state index in [1.165, 1.54) is 12.5 Å². The third-order valence-corrected chi connectivity index (χ3v) is 3.80. The monoisotopic (exact) mass is 325 g/mol. The summed E-state index contributed by atoms with van der Waals surface area (Å²) in [6, 6.07) is 13.0. The van der Waals surface area contributed by atoms with Gasteiger partial charge in [0, 0.05) is 12.1 Å². The van der Waals surface area contributed by atoms with Gasteiger partial charge < -0.3 is 19.6 Å². The Bertz CT molecular complexity index is 827. The molecule has 0 bridgehead atoms. The Morgan fingerprint density at radius 2 is 2.08 bits per heavy atom. The maximum Gasteiger partial charge on any atom is 0.255 e. The van der Waals surface area contributed by atoms with E-state index in [1.807, 2.05) is 37.3 Å². The summed E-state index contributed by atoms with van der Waals surface area (Å²) < 4.78 is 10.6. The summed E-state index contributed by atoms with van der Waals surface area (Å²) in [4.78, 5) is 12.7. The van der Waals surface area contributed by atoms with Gasteiger partial charge in [0.05, 0.1) is 30.8 Å². The number of ether oxygens (including phenoxy) is 1. The first-order valence-electron chi connectivity index (χ1n) is 7.83. The molecular formula is C19H19NO4. The fraction of sp³-hybridized carbons (Fsp3) is 0.211. The highest BCUT2D eigenvalue weighted by atomic mass is 16.5. The molecule has 0 unspecified atom stereocenters. The van der Waals surface area contributed by atoms with Gasteiger partial charge in [0.1, 0.15) is 5.75 Å². The second kappa shape index (κ2) is 7.19. The normalized spacial score (nSPS) is 12.1. The number of rotatable bonds is 6. The molecule has 3 aromatic rings. The molecule has 2 aromatic carbocycles. The van der Waals surface area contributed by atoms with Crippen LogP contribution in [0, 0.1) is 0 Å². The van der Waals surface area contributed by atoms with Gasteiger partial charge in [-0.15, -0.1) is 0 Å². The molecule has 0 aliphatic heterocycles. The van der Waals surface area contributed by atoms with Gasteiger partial charge in [-0.3, -0.25) is 4.79 Å². The van der Waals surface area contributed by atoms with Crippen LogP contribution in [0.1, 0.15) is 28.9 Å². The molecule has 5 heteroatoms. The third kappa shape index (κ3) is 3.26. The number of carbonyl (C=O) groups excluding carboxylic acids is 1. The van der Waals surface area contributed by atoms with Crippen LogP contribution in [-0.2, 0) is 0 Å². The molecule has 5 nitrogen and oxygen atoms in total. The third-order valence-electron chi connectivity index (χ3n) is 3.80. The molecule has 0 fully saturated rings. The van der Waals surface area contributed by atoms with E-state index in [-0.39, 0.29) is 12.5 Å². The minimum atomic E-state index is -0.821. The van der Waals surface area contributed by atoms with Gasteiger partial charge >= 0.3 is 0 Å². The van der Waals surface area contributed by atoms with Crippen molar-refractivity contribution in [2.75, 3.05) is 13.2 Å². The lowest BCUT2D eigenvalue weighted by atomic mass is 10.0. The van der Waals surface area contributed by atoms with Crippen LogP contribution < -0.4 is 10.1 Å². The van der Waals surface area contributed by atoms with Crippen LogP contribution in [0.4, 0.5) is 0 Å². The van der Waals surface area contributed by atoms with E-state index in [9.17, 15) is 9.90 Å². The SMILES string of the molecule is CCOc1ccc2ccccc2c1C(=O)NC[C@@H](O)c1ccoc1. The summed E-state index contributed by atoms with van der Waals surface area (Å²) in [5.74, 6) is 0.254. The number of hydrogen-bond donors (Lipinski definition) is 2. The van der Waals surface area contributed by atoms with Gasteiger partial charge in [0.2, 0.25) is 0 Å². The Kier molecular flexibility index (Phi) is 4.82. The molecule has 1 heterocycles. The number of hydrogen-bond acceptors (Lipinski definition) is 4. The number of benzene rings is 2. The summed E-state index contributed by atoms with van der Waals surface area (Å²) >= 11 is 0. The molecule has 2 N–H and O–H groups in total. The predicted octanol–water partition coefficient (Wildman–Crippen LogP) is 3.29. The van der Waals surface area contributed by atoms with Gasteiger partial charge in [-0.2, -0.15) is 0 Å². The lowest BCUT2D eigenvalue weighted by Gasteiger charge is -2.15. The summed E-state index contributed by atoms with van der Waals surface area (Å²) in [5, 5.41) is 14.6. The van der Waals surface area contributed by atoms with Crippen molar-refractivity contribution in [1.29, 1.82) is 0 Å². The van der Waals surface area contributed by atoms with Gasteiger partial charge in [-0.25, -0.2) is 0 Å². The first-order chi connectivity index (χ1) is 11.7. The lowest BCUT2D eigenvalue weighted by molar-refractivity contribution is 0.0914. The Morgan fingerprint density at radius 3 is 2.83 bits per heavy atom. The van der Waals surface area contributed by atoms with Crippen molar-refractivity contribution in [1.82, 2.24) is 5.32 Å². The lowest BCUT2D eigenvalue weighted by Crippen LogP contribution is -2.28. The number of aliphatic hydroxyl groups excluding tert-OH is 1. The number of furan rings is 1. The zero-order valence-electron chi connectivity index (χ0n) is 13.4. The van der Waals surface area contributed by atoms with Gasteiger partial charge in [-0.1, -0.05) is 30.3 Å². The average molecular weight is 325 g/mol. The van der Waals surface area contributed by atoms with Crippen molar-refractivity contribution in [3.05, 3.63) is 66.1 Å². The van der Waals surface area contributed by atoms with Crippen LogP contribution in [-0.4, -0.2) is 24.2 Å². The Hall–Kier alpha value is -2.79. The van der Waals surface area contributed by atoms with Crippen molar-refractivity contribution < 1.29 is 19.1 Å². The quantitative estimate of drug-likeness (QED) is 0.729.